The van der Waals surface area contributed by atoms with Crippen LogP contribution < -0.4 is 0 Å². The van der Waals surface area contributed by atoms with E-state index in [1.54, 1.807) is 11.3 Å². The second-order valence-corrected chi connectivity index (χ2v) is 7.70. The van der Waals surface area contributed by atoms with E-state index >= 15 is 0 Å². The molecular formula is C13H11Br2ClS. The van der Waals surface area contributed by atoms with E-state index in [1.165, 1.54) is 19.8 Å². The third kappa shape index (κ3) is 2.95. The van der Waals surface area contributed by atoms with Crippen molar-refractivity contribution >= 4 is 54.8 Å². The van der Waals surface area contributed by atoms with Gasteiger partial charge in [0.1, 0.15) is 0 Å². The fourth-order valence-corrected chi connectivity index (χ4v) is 4.00. The van der Waals surface area contributed by atoms with Crippen LogP contribution in [0, 0.1) is 13.8 Å². The molecule has 90 valence electrons. The van der Waals surface area contributed by atoms with Gasteiger partial charge in [-0.1, -0.05) is 39.7 Å². The zero-order valence-electron chi connectivity index (χ0n) is 9.43. The van der Waals surface area contributed by atoms with Gasteiger partial charge < -0.3 is 0 Å². The lowest BCUT2D eigenvalue weighted by Gasteiger charge is -2.09. The molecule has 17 heavy (non-hydrogen) atoms. The lowest BCUT2D eigenvalue weighted by atomic mass is 10.1. The van der Waals surface area contributed by atoms with E-state index in [2.05, 4.69) is 57.0 Å². The molecule has 1 aromatic carbocycles. The first-order valence-electron chi connectivity index (χ1n) is 5.15. The monoisotopic (exact) mass is 392 g/mol. The topological polar surface area (TPSA) is 0 Å². The molecule has 0 aliphatic carbocycles. The van der Waals surface area contributed by atoms with Crippen LogP contribution in [-0.2, 0) is 0 Å². The first-order chi connectivity index (χ1) is 7.99. The van der Waals surface area contributed by atoms with E-state index in [9.17, 15) is 0 Å². The highest BCUT2D eigenvalue weighted by atomic mass is 79.9. The van der Waals surface area contributed by atoms with Crippen LogP contribution in [-0.4, -0.2) is 0 Å². The van der Waals surface area contributed by atoms with Gasteiger partial charge in [0.2, 0.25) is 0 Å². The SMILES string of the molecule is Cc1ccc(C(Br)c2cc(C)c(Br)s2)cc1Cl. The summed E-state index contributed by atoms with van der Waals surface area (Å²) in [6.07, 6.45) is 0. The number of rotatable bonds is 2. The van der Waals surface area contributed by atoms with Gasteiger partial charge in [-0.25, -0.2) is 0 Å². The Morgan fingerprint density at radius 3 is 2.41 bits per heavy atom. The van der Waals surface area contributed by atoms with E-state index in [0.29, 0.717) is 0 Å². The quantitative estimate of drug-likeness (QED) is 0.527. The summed E-state index contributed by atoms with van der Waals surface area (Å²) in [6, 6.07) is 8.40. The van der Waals surface area contributed by atoms with Crippen molar-refractivity contribution in [3.63, 3.8) is 0 Å². The van der Waals surface area contributed by atoms with Crippen molar-refractivity contribution in [2.45, 2.75) is 18.7 Å². The highest BCUT2D eigenvalue weighted by molar-refractivity contribution is 9.11. The largest absolute Gasteiger partial charge is 0.131 e. The Hall–Kier alpha value is 0.170. The molecule has 0 nitrogen and oxygen atoms in total. The molecule has 1 heterocycles. The predicted molar refractivity (Wildman–Crippen MR) is 83.7 cm³/mol. The molecule has 0 N–H and O–H groups in total. The maximum Gasteiger partial charge on any atom is 0.0739 e. The Labute approximate surface area is 127 Å². The van der Waals surface area contributed by atoms with Crippen LogP contribution in [0.4, 0.5) is 0 Å². The van der Waals surface area contributed by atoms with Crippen molar-refractivity contribution in [3.05, 3.63) is 54.6 Å². The molecule has 0 radical (unpaired) electrons. The van der Waals surface area contributed by atoms with Gasteiger partial charge in [0, 0.05) is 9.90 Å². The van der Waals surface area contributed by atoms with E-state index < -0.39 is 0 Å². The number of hydrogen-bond donors (Lipinski definition) is 0. The summed E-state index contributed by atoms with van der Waals surface area (Å²) >= 11 is 15.2. The number of halogens is 3. The summed E-state index contributed by atoms with van der Waals surface area (Å²) in [7, 11) is 0. The van der Waals surface area contributed by atoms with Gasteiger partial charge >= 0.3 is 0 Å². The number of alkyl halides is 1. The first kappa shape index (κ1) is 13.6. The summed E-state index contributed by atoms with van der Waals surface area (Å²) < 4.78 is 1.19. The molecule has 1 aromatic heterocycles. The summed E-state index contributed by atoms with van der Waals surface area (Å²) in [5.41, 5.74) is 3.57. The molecule has 1 unspecified atom stereocenters. The van der Waals surface area contributed by atoms with Crippen molar-refractivity contribution < 1.29 is 0 Å². The molecule has 4 heteroatoms. The van der Waals surface area contributed by atoms with Crippen LogP contribution in [0.25, 0.3) is 0 Å². The smallest absolute Gasteiger partial charge is 0.0739 e. The first-order valence-corrected chi connectivity index (χ1v) is 8.05. The maximum atomic E-state index is 6.16. The molecule has 0 bridgehead atoms. The minimum absolute atomic E-state index is 0.204. The Morgan fingerprint density at radius 2 is 1.88 bits per heavy atom. The molecule has 2 aromatic rings. The summed E-state index contributed by atoms with van der Waals surface area (Å²) in [4.78, 5) is 1.49. The molecule has 1 atom stereocenters. The molecule has 0 fully saturated rings. The molecule has 0 spiro atoms. The molecule has 2 rings (SSSR count). The van der Waals surface area contributed by atoms with Gasteiger partial charge in [0.25, 0.3) is 0 Å². The second kappa shape index (κ2) is 5.43. The van der Waals surface area contributed by atoms with Gasteiger partial charge in [-0.15, -0.1) is 11.3 Å². The van der Waals surface area contributed by atoms with Crippen molar-refractivity contribution in [1.82, 2.24) is 0 Å². The number of benzene rings is 1. The van der Waals surface area contributed by atoms with Crippen molar-refractivity contribution in [1.29, 1.82) is 0 Å². The van der Waals surface area contributed by atoms with E-state index in [-0.39, 0.29) is 4.83 Å². The van der Waals surface area contributed by atoms with Gasteiger partial charge in [0.15, 0.2) is 0 Å². The van der Waals surface area contributed by atoms with E-state index in [4.69, 9.17) is 11.6 Å². The molecule has 0 saturated carbocycles. The minimum atomic E-state index is 0.204. The zero-order chi connectivity index (χ0) is 12.6. The normalized spacial score (nSPS) is 12.8. The van der Waals surface area contributed by atoms with Crippen molar-refractivity contribution in [3.8, 4) is 0 Å². The van der Waals surface area contributed by atoms with Gasteiger partial charge in [-0.3, -0.25) is 0 Å². The number of thiophene rings is 1. The second-order valence-electron chi connectivity index (χ2n) is 3.98. The standard InChI is InChI=1S/C13H11Br2ClS/c1-7-3-4-9(6-10(7)16)12(14)11-5-8(2)13(15)17-11/h3-6,12H,1-2H3. The number of aryl methyl sites for hydroxylation is 2. The average Bonchev–Trinajstić information content (AvgIpc) is 2.62. The van der Waals surface area contributed by atoms with Gasteiger partial charge in [-0.05, 0) is 58.6 Å². The minimum Gasteiger partial charge on any atom is -0.131 e. The van der Waals surface area contributed by atoms with E-state index in [0.717, 1.165) is 10.6 Å². The van der Waals surface area contributed by atoms with Crippen LogP contribution in [0.5, 0.6) is 0 Å². The van der Waals surface area contributed by atoms with Gasteiger partial charge in [-0.2, -0.15) is 0 Å². The fraction of sp³-hybridized carbons (Fsp3) is 0.231. The third-order valence-electron chi connectivity index (χ3n) is 2.61. The average molecular weight is 395 g/mol. The van der Waals surface area contributed by atoms with Crippen LogP contribution in [0.15, 0.2) is 28.1 Å². The Morgan fingerprint density at radius 1 is 1.18 bits per heavy atom. The molecule has 0 amide bonds. The van der Waals surface area contributed by atoms with Crippen LogP contribution in [0.3, 0.4) is 0 Å². The third-order valence-corrected chi connectivity index (χ3v) is 6.55. The van der Waals surface area contributed by atoms with E-state index in [1.807, 2.05) is 13.0 Å². The number of hydrogen-bond acceptors (Lipinski definition) is 1. The molecule has 0 aliphatic heterocycles. The Kier molecular flexibility index (Phi) is 4.35. The Balaban J connectivity index is 2.36. The predicted octanol–water partition coefficient (Wildman–Crippen LogP) is 6.27. The fourth-order valence-electron chi connectivity index (χ4n) is 1.54. The van der Waals surface area contributed by atoms with Gasteiger partial charge in [0.05, 0.1) is 8.61 Å². The van der Waals surface area contributed by atoms with Crippen LogP contribution in [0.1, 0.15) is 26.4 Å². The highest BCUT2D eigenvalue weighted by Crippen LogP contribution is 2.39. The zero-order valence-corrected chi connectivity index (χ0v) is 14.2. The van der Waals surface area contributed by atoms with Crippen LogP contribution in [0.2, 0.25) is 5.02 Å². The van der Waals surface area contributed by atoms with Crippen LogP contribution >= 0.6 is 54.8 Å². The van der Waals surface area contributed by atoms with Crippen molar-refractivity contribution in [2.24, 2.45) is 0 Å². The summed E-state index contributed by atoms with van der Waals surface area (Å²) in [5.74, 6) is 0. The Bertz CT molecular complexity index is 529. The molecular weight excluding hydrogens is 383 g/mol. The van der Waals surface area contributed by atoms with Crippen molar-refractivity contribution in [2.75, 3.05) is 0 Å². The lowest BCUT2D eigenvalue weighted by molar-refractivity contribution is 1.21. The molecule has 0 saturated heterocycles. The lowest BCUT2D eigenvalue weighted by Crippen LogP contribution is -1.90. The molecule has 0 aliphatic rings. The summed E-state index contributed by atoms with van der Waals surface area (Å²) in [5, 5.41) is 0.819. The summed E-state index contributed by atoms with van der Waals surface area (Å²) in [6.45, 7) is 4.12. The highest BCUT2D eigenvalue weighted by Gasteiger charge is 2.15. The maximum absolute atomic E-state index is 6.16.